The fourth-order valence-corrected chi connectivity index (χ4v) is 2.07. The zero-order valence-corrected chi connectivity index (χ0v) is 10.4. The van der Waals surface area contributed by atoms with Crippen LogP contribution in [-0.4, -0.2) is 11.5 Å². The first kappa shape index (κ1) is 12.0. The summed E-state index contributed by atoms with van der Waals surface area (Å²) in [5.74, 6) is -0.811. The molecule has 0 aliphatic rings. The molecular formula is C12H9BrF2N2. The quantitative estimate of drug-likeness (QED) is 0.870. The summed E-state index contributed by atoms with van der Waals surface area (Å²) in [6.07, 6.45) is 3.12. The highest BCUT2D eigenvalue weighted by atomic mass is 79.9. The van der Waals surface area contributed by atoms with Gasteiger partial charge in [0.05, 0.1) is 0 Å². The van der Waals surface area contributed by atoms with Crippen LogP contribution in [0.25, 0.3) is 10.8 Å². The van der Waals surface area contributed by atoms with Crippen molar-refractivity contribution in [2.24, 2.45) is 0 Å². The van der Waals surface area contributed by atoms with Crippen molar-refractivity contribution in [3.63, 3.8) is 0 Å². The molecule has 2 nitrogen and oxygen atoms in total. The van der Waals surface area contributed by atoms with Crippen LogP contribution in [0, 0.1) is 11.6 Å². The molecule has 17 heavy (non-hydrogen) atoms. The Hall–Kier alpha value is -1.49. The van der Waals surface area contributed by atoms with Crippen molar-refractivity contribution in [3.05, 3.63) is 47.1 Å². The third-order valence-electron chi connectivity index (χ3n) is 2.27. The summed E-state index contributed by atoms with van der Waals surface area (Å²) >= 11 is 3.20. The second-order valence-electron chi connectivity index (χ2n) is 3.43. The number of anilines is 1. The van der Waals surface area contributed by atoms with Crippen molar-refractivity contribution in [1.82, 2.24) is 4.98 Å². The molecule has 2 rings (SSSR count). The van der Waals surface area contributed by atoms with Crippen molar-refractivity contribution >= 4 is 32.5 Å². The zero-order chi connectivity index (χ0) is 12.4. The minimum absolute atomic E-state index is 0.313. The highest BCUT2D eigenvalue weighted by molar-refractivity contribution is 9.10. The van der Waals surface area contributed by atoms with Crippen LogP contribution in [0.2, 0.25) is 0 Å². The molecule has 1 aromatic carbocycles. The zero-order valence-electron chi connectivity index (χ0n) is 8.80. The lowest BCUT2D eigenvalue weighted by molar-refractivity contribution is 0.592. The third-order valence-corrected chi connectivity index (χ3v) is 2.87. The number of benzene rings is 1. The van der Waals surface area contributed by atoms with Crippen LogP contribution >= 0.6 is 15.9 Å². The summed E-state index contributed by atoms with van der Waals surface area (Å²) in [4.78, 5) is 4.09. The molecule has 0 fully saturated rings. The van der Waals surface area contributed by atoms with Gasteiger partial charge in [-0.2, -0.15) is 0 Å². The SMILES string of the molecule is C=CCNc1ncc(Br)c2c(F)cc(F)cc12. The first-order chi connectivity index (χ1) is 8.13. The van der Waals surface area contributed by atoms with E-state index in [1.807, 2.05) is 0 Å². The van der Waals surface area contributed by atoms with E-state index >= 15 is 0 Å². The Kier molecular flexibility index (Phi) is 3.38. The first-order valence-corrected chi connectivity index (χ1v) is 5.71. The summed E-state index contributed by atoms with van der Waals surface area (Å²) < 4.78 is 27.4. The number of hydrogen-bond acceptors (Lipinski definition) is 2. The van der Waals surface area contributed by atoms with Gasteiger partial charge < -0.3 is 5.32 Å². The van der Waals surface area contributed by atoms with Crippen LogP contribution in [0.15, 0.2) is 35.5 Å². The van der Waals surface area contributed by atoms with Crippen molar-refractivity contribution in [1.29, 1.82) is 0 Å². The molecule has 1 heterocycles. The Morgan fingerprint density at radius 2 is 2.18 bits per heavy atom. The van der Waals surface area contributed by atoms with Gasteiger partial charge in [-0.25, -0.2) is 13.8 Å². The van der Waals surface area contributed by atoms with Crippen LogP contribution in [0.4, 0.5) is 14.6 Å². The van der Waals surface area contributed by atoms with Gasteiger partial charge in [0, 0.05) is 34.1 Å². The molecule has 0 spiro atoms. The minimum Gasteiger partial charge on any atom is -0.366 e. The topological polar surface area (TPSA) is 24.9 Å². The van der Waals surface area contributed by atoms with Crippen LogP contribution in [0.5, 0.6) is 0 Å². The lowest BCUT2D eigenvalue weighted by Crippen LogP contribution is -2.02. The Morgan fingerprint density at radius 1 is 1.41 bits per heavy atom. The predicted octanol–water partition coefficient (Wildman–Crippen LogP) is 3.87. The molecule has 0 unspecified atom stereocenters. The minimum atomic E-state index is -0.628. The maximum atomic E-state index is 13.7. The molecule has 0 saturated heterocycles. The van der Waals surface area contributed by atoms with E-state index in [0.29, 0.717) is 27.6 Å². The highest BCUT2D eigenvalue weighted by Crippen LogP contribution is 2.31. The number of nitrogens with zero attached hydrogens (tertiary/aromatic N) is 1. The number of nitrogens with one attached hydrogen (secondary N) is 1. The van der Waals surface area contributed by atoms with Gasteiger partial charge in [-0.3, -0.25) is 0 Å². The van der Waals surface area contributed by atoms with E-state index in [-0.39, 0.29) is 0 Å². The molecule has 2 aromatic rings. The van der Waals surface area contributed by atoms with Gasteiger partial charge >= 0.3 is 0 Å². The number of fused-ring (bicyclic) bond motifs is 1. The van der Waals surface area contributed by atoms with Gasteiger partial charge in [-0.15, -0.1) is 6.58 Å². The van der Waals surface area contributed by atoms with E-state index in [9.17, 15) is 8.78 Å². The van der Waals surface area contributed by atoms with Crippen LogP contribution in [-0.2, 0) is 0 Å². The van der Waals surface area contributed by atoms with E-state index < -0.39 is 11.6 Å². The lowest BCUT2D eigenvalue weighted by atomic mass is 10.1. The number of aromatic nitrogens is 1. The molecule has 88 valence electrons. The largest absolute Gasteiger partial charge is 0.366 e. The summed E-state index contributed by atoms with van der Waals surface area (Å²) in [6, 6.07) is 2.10. The maximum absolute atomic E-state index is 13.7. The van der Waals surface area contributed by atoms with E-state index in [2.05, 4.69) is 32.8 Å². The van der Waals surface area contributed by atoms with Crippen LogP contribution in [0.3, 0.4) is 0 Å². The summed E-state index contributed by atoms with van der Waals surface area (Å²) in [6.45, 7) is 4.03. The molecule has 1 aromatic heterocycles. The van der Waals surface area contributed by atoms with Gasteiger partial charge in [0.25, 0.3) is 0 Å². The average molecular weight is 299 g/mol. The molecule has 0 aliphatic heterocycles. The molecule has 0 radical (unpaired) electrons. The second-order valence-corrected chi connectivity index (χ2v) is 4.29. The second kappa shape index (κ2) is 4.79. The predicted molar refractivity (Wildman–Crippen MR) is 68.0 cm³/mol. The molecule has 0 aliphatic carbocycles. The molecule has 0 amide bonds. The van der Waals surface area contributed by atoms with Crippen molar-refractivity contribution in [3.8, 4) is 0 Å². The number of hydrogen-bond donors (Lipinski definition) is 1. The van der Waals surface area contributed by atoms with Crippen molar-refractivity contribution < 1.29 is 8.78 Å². The van der Waals surface area contributed by atoms with Gasteiger partial charge in [0.1, 0.15) is 17.5 Å². The Bertz CT molecular complexity index is 584. The molecule has 1 N–H and O–H groups in total. The maximum Gasteiger partial charge on any atom is 0.135 e. The normalized spacial score (nSPS) is 10.5. The number of rotatable bonds is 3. The van der Waals surface area contributed by atoms with Gasteiger partial charge in [0.2, 0.25) is 0 Å². The Balaban J connectivity index is 2.70. The van der Waals surface area contributed by atoms with Gasteiger partial charge in [-0.05, 0) is 22.0 Å². The fourth-order valence-electron chi connectivity index (χ4n) is 1.57. The van der Waals surface area contributed by atoms with Crippen LogP contribution in [0.1, 0.15) is 0 Å². The van der Waals surface area contributed by atoms with E-state index in [1.165, 1.54) is 12.3 Å². The fraction of sp³-hybridized carbons (Fsp3) is 0.0833. The molecule has 0 saturated carbocycles. The number of halogens is 3. The van der Waals surface area contributed by atoms with E-state index in [0.717, 1.165) is 6.07 Å². The summed E-state index contributed by atoms with van der Waals surface area (Å²) in [7, 11) is 0. The molecule has 0 bridgehead atoms. The first-order valence-electron chi connectivity index (χ1n) is 4.91. The monoisotopic (exact) mass is 298 g/mol. The van der Waals surface area contributed by atoms with E-state index in [4.69, 9.17) is 0 Å². The van der Waals surface area contributed by atoms with Crippen LogP contribution < -0.4 is 5.32 Å². The smallest absolute Gasteiger partial charge is 0.135 e. The highest BCUT2D eigenvalue weighted by Gasteiger charge is 2.11. The summed E-state index contributed by atoms with van der Waals surface area (Å²) in [5.41, 5.74) is 0. The molecular weight excluding hydrogens is 290 g/mol. The Morgan fingerprint density at radius 3 is 2.88 bits per heavy atom. The number of pyridine rings is 1. The van der Waals surface area contributed by atoms with Gasteiger partial charge in [-0.1, -0.05) is 6.08 Å². The summed E-state index contributed by atoms with van der Waals surface area (Å²) in [5, 5.41) is 3.65. The standard InChI is InChI=1S/C12H9BrF2N2/c1-2-3-16-12-8-4-7(14)5-10(15)11(8)9(13)6-17-12/h2,4-6H,1,3H2,(H,16,17). The Labute approximate surface area is 105 Å². The molecule has 0 atom stereocenters. The lowest BCUT2D eigenvalue weighted by Gasteiger charge is -2.09. The third kappa shape index (κ3) is 2.29. The van der Waals surface area contributed by atoms with Gasteiger partial charge in [0.15, 0.2) is 0 Å². The average Bonchev–Trinajstić information content (AvgIpc) is 2.27. The molecule has 5 heteroatoms. The van der Waals surface area contributed by atoms with E-state index in [1.54, 1.807) is 6.08 Å². The van der Waals surface area contributed by atoms with Crippen molar-refractivity contribution in [2.45, 2.75) is 0 Å². The van der Waals surface area contributed by atoms with Crippen molar-refractivity contribution in [2.75, 3.05) is 11.9 Å².